The molecule has 80 valence electrons. The first-order chi connectivity index (χ1) is 7.75. The lowest BCUT2D eigenvalue weighted by Gasteiger charge is -2.00. The number of nitrogens with two attached hydrogens (primary N) is 1. The molecule has 3 heterocycles. The molecule has 0 aliphatic heterocycles. The van der Waals surface area contributed by atoms with Crippen LogP contribution >= 0.6 is 27.3 Å². The molecular formula is C9H6BrN5S. The topological polar surface area (TPSA) is 69.6 Å². The maximum absolute atomic E-state index is 5.68. The normalized spacial score (nSPS) is 11.1. The fourth-order valence-corrected chi connectivity index (χ4v) is 2.43. The first kappa shape index (κ1) is 9.73. The second-order valence-corrected chi connectivity index (χ2v) is 4.89. The summed E-state index contributed by atoms with van der Waals surface area (Å²) in [6.07, 6.45) is 3.31. The summed E-state index contributed by atoms with van der Waals surface area (Å²) in [6, 6.07) is 1.97. The summed E-state index contributed by atoms with van der Waals surface area (Å²) in [4.78, 5) is 9.34. The Bertz CT molecular complexity index is 639. The Hall–Kier alpha value is -1.47. The molecule has 16 heavy (non-hydrogen) atoms. The number of aromatic nitrogens is 4. The SMILES string of the molecule is Nc1nn(-c2ncnc3sccc23)cc1Br. The Labute approximate surface area is 103 Å². The van der Waals surface area contributed by atoms with Crippen LogP contribution in [0.3, 0.4) is 0 Å². The number of halogens is 1. The van der Waals surface area contributed by atoms with Gasteiger partial charge in [-0.15, -0.1) is 16.4 Å². The molecule has 0 saturated heterocycles. The lowest BCUT2D eigenvalue weighted by Crippen LogP contribution is -1.99. The van der Waals surface area contributed by atoms with Crippen molar-refractivity contribution in [3.63, 3.8) is 0 Å². The summed E-state index contributed by atoms with van der Waals surface area (Å²) in [5.74, 6) is 1.19. The second kappa shape index (κ2) is 3.53. The van der Waals surface area contributed by atoms with Crippen molar-refractivity contribution in [2.24, 2.45) is 0 Å². The number of nitrogen functional groups attached to an aromatic ring is 1. The molecule has 0 unspecified atom stereocenters. The van der Waals surface area contributed by atoms with E-state index in [-0.39, 0.29) is 0 Å². The third kappa shape index (κ3) is 1.40. The Morgan fingerprint density at radius 1 is 1.38 bits per heavy atom. The zero-order valence-electron chi connectivity index (χ0n) is 7.96. The van der Waals surface area contributed by atoms with Crippen LogP contribution in [-0.2, 0) is 0 Å². The van der Waals surface area contributed by atoms with Gasteiger partial charge in [0.1, 0.15) is 11.2 Å². The molecule has 0 amide bonds. The van der Waals surface area contributed by atoms with Crippen LogP contribution in [0.4, 0.5) is 5.82 Å². The third-order valence-electron chi connectivity index (χ3n) is 2.15. The van der Waals surface area contributed by atoms with E-state index in [1.807, 2.05) is 11.4 Å². The minimum atomic E-state index is 0.446. The van der Waals surface area contributed by atoms with Crippen LogP contribution in [0.25, 0.3) is 16.0 Å². The minimum Gasteiger partial charge on any atom is -0.381 e. The van der Waals surface area contributed by atoms with Crippen LogP contribution in [0.15, 0.2) is 28.4 Å². The molecule has 0 radical (unpaired) electrons. The van der Waals surface area contributed by atoms with Gasteiger partial charge in [0.25, 0.3) is 0 Å². The molecule has 0 spiro atoms. The number of fused-ring (bicyclic) bond motifs is 1. The van der Waals surface area contributed by atoms with Crippen LogP contribution < -0.4 is 5.73 Å². The quantitative estimate of drug-likeness (QED) is 0.747. The monoisotopic (exact) mass is 295 g/mol. The molecule has 0 aliphatic rings. The largest absolute Gasteiger partial charge is 0.381 e. The summed E-state index contributed by atoms with van der Waals surface area (Å²) in [6.45, 7) is 0. The van der Waals surface area contributed by atoms with Crippen LogP contribution in [0.5, 0.6) is 0 Å². The first-order valence-electron chi connectivity index (χ1n) is 4.45. The fourth-order valence-electron chi connectivity index (χ4n) is 1.43. The van der Waals surface area contributed by atoms with E-state index in [1.165, 1.54) is 6.33 Å². The van der Waals surface area contributed by atoms with E-state index in [0.29, 0.717) is 5.82 Å². The van der Waals surface area contributed by atoms with Gasteiger partial charge in [-0.1, -0.05) is 0 Å². The molecular weight excluding hydrogens is 290 g/mol. The van der Waals surface area contributed by atoms with Crippen molar-refractivity contribution in [3.05, 3.63) is 28.4 Å². The van der Waals surface area contributed by atoms with Gasteiger partial charge >= 0.3 is 0 Å². The zero-order valence-corrected chi connectivity index (χ0v) is 10.4. The van der Waals surface area contributed by atoms with Crippen LogP contribution in [-0.4, -0.2) is 19.7 Å². The summed E-state index contributed by atoms with van der Waals surface area (Å²) in [5.41, 5.74) is 5.68. The lowest BCUT2D eigenvalue weighted by molar-refractivity contribution is 0.856. The third-order valence-corrected chi connectivity index (χ3v) is 3.59. The van der Waals surface area contributed by atoms with E-state index >= 15 is 0 Å². The molecule has 5 nitrogen and oxygen atoms in total. The van der Waals surface area contributed by atoms with Gasteiger partial charge in [0, 0.05) is 6.20 Å². The number of rotatable bonds is 1. The number of hydrogen-bond acceptors (Lipinski definition) is 5. The van der Waals surface area contributed by atoms with Crippen molar-refractivity contribution in [1.29, 1.82) is 0 Å². The van der Waals surface area contributed by atoms with Gasteiger partial charge in [-0.25, -0.2) is 14.6 Å². The van der Waals surface area contributed by atoms with Crippen LogP contribution in [0.1, 0.15) is 0 Å². The highest BCUT2D eigenvalue weighted by atomic mass is 79.9. The minimum absolute atomic E-state index is 0.446. The predicted molar refractivity (Wildman–Crippen MR) is 66.6 cm³/mol. The van der Waals surface area contributed by atoms with Crippen molar-refractivity contribution >= 4 is 43.3 Å². The number of hydrogen-bond donors (Lipinski definition) is 1. The molecule has 3 aromatic heterocycles. The number of thiophene rings is 1. The van der Waals surface area contributed by atoms with Gasteiger partial charge in [0.2, 0.25) is 0 Å². The Balaban J connectivity index is 2.29. The highest BCUT2D eigenvalue weighted by Crippen LogP contribution is 2.25. The van der Waals surface area contributed by atoms with E-state index in [4.69, 9.17) is 5.73 Å². The van der Waals surface area contributed by atoms with Crippen molar-refractivity contribution in [2.75, 3.05) is 5.73 Å². The lowest BCUT2D eigenvalue weighted by atomic mass is 10.4. The molecule has 0 bridgehead atoms. The van der Waals surface area contributed by atoms with E-state index in [0.717, 1.165) is 20.5 Å². The molecule has 2 N–H and O–H groups in total. The van der Waals surface area contributed by atoms with Crippen molar-refractivity contribution in [3.8, 4) is 5.82 Å². The maximum Gasteiger partial charge on any atom is 0.165 e. The van der Waals surface area contributed by atoms with Gasteiger partial charge < -0.3 is 5.73 Å². The second-order valence-electron chi connectivity index (χ2n) is 3.14. The van der Waals surface area contributed by atoms with Gasteiger partial charge in [-0.05, 0) is 27.4 Å². The van der Waals surface area contributed by atoms with Crippen LogP contribution in [0.2, 0.25) is 0 Å². The molecule has 0 atom stereocenters. The first-order valence-corrected chi connectivity index (χ1v) is 6.12. The average molecular weight is 296 g/mol. The van der Waals surface area contributed by atoms with Gasteiger partial charge in [-0.2, -0.15) is 0 Å². The van der Waals surface area contributed by atoms with Crippen LogP contribution in [0, 0.1) is 0 Å². The van der Waals surface area contributed by atoms with Gasteiger partial charge in [-0.3, -0.25) is 0 Å². The van der Waals surface area contributed by atoms with E-state index in [2.05, 4.69) is 31.0 Å². The maximum atomic E-state index is 5.68. The fraction of sp³-hybridized carbons (Fsp3) is 0. The molecule has 7 heteroatoms. The smallest absolute Gasteiger partial charge is 0.165 e. The zero-order chi connectivity index (χ0) is 11.1. The summed E-state index contributed by atoms with van der Waals surface area (Å²) in [5, 5.41) is 7.12. The van der Waals surface area contributed by atoms with Crippen molar-refractivity contribution in [1.82, 2.24) is 19.7 Å². The summed E-state index contributed by atoms with van der Waals surface area (Å²) >= 11 is 4.89. The predicted octanol–water partition coefficient (Wildman–Crippen LogP) is 2.22. The number of nitrogens with zero attached hydrogens (tertiary/aromatic N) is 4. The van der Waals surface area contributed by atoms with Gasteiger partial charge in [0.15, 0.2) is 11.6 Å². The summed E-state index contributed by atoms with van der Waals surface area (Å²) < 4.78 is 2.41. The Morgan fingerprint density at radius 2 is 2.25 bits per heavy atom. The van der Waals surface area contributed by atoms with Crippen molar-refractivity contribution in [2.45, 2.75) is 0 Å². The molecule has 3 rings (SSSR count). The van der Waals surface area contributed by atoms with Crippen molar-refractivity contribution < 1.29 is 0 Å². The molecule has 0 aliphatic carbocycles. The standard InChI is InChI=1S/C9H6BrN5S/c10-6-3-15(14-7(6)11)8-5-1-2-16-9(5)13-4-12-8/h1-4H,(H2,11,14). The molecule has 0 aromatic carbocycles. The molecule has 3 aromatic rings. The molecule has 0 saturated carbocycles. The highest BCUT2D eigenvalue weighted by molar-refractivity contribution is 9.10. The summed E-state index contributed by atoms with van der Waals surface area (Å²) in [7, 11) is 0. The van der Waals surface area contributed by atoms with E-state index < -0.39 is 0 Å². The Morgan fingerprint density at radius 3 is 3.00 bits per heavy atom. The van der Waals surface area contributed by atoms with E-state index in [9.17, 15) is 0 Å². The van der Waals surface area contributed by atoms with E-state index in [1.54, 1.807) is 22.2 Å². The Kier molecular flexibility index (Phi) is 2.15. The average Bonchev–Trinajstić information content (AvgIpc) is 2.85. The number of anilines is 1. The molecule has 0 fully saturated rings. The van der Waals surface area contributed by atoms with Gasteiger partial charge in [0.05, 0.1) is 9.86 Å². The highest BCUT2D eigenvalue weighted by Gasteiger charge is 2.09.